The van der Waals surface area contributed by atoms with Gasteiger partial charge in [0.15, 0.2) is 5.78 Å². The van der Waals surface area contributed by atoms with Gasteiger partial charge in [-0.15, -0.1) is 0 Å². The number of allylic oxidation sites excluding steroid dienone is 2. The van der Waals surface area contributed by atoms with E-state index < -0.39 is 4.92 Å². The molecule has 0 N–H and O–H groups in total. The van der Waals surface area contributed by atoms with Crippen LogP contribution in [0.15, 0.2) is 41.5 Å². The Kier molecular flexibility index (Phi) is 5.53. The number of nitrogens with zero attached hydrogens (tertiary/aromatic N) is 1. The van der Waals surface area contributed by atoms with Crippen molar-refractivity contribution < 1.29 is 19.2 Å². The summed E-state index contributed by atoms with van der Waals surface area (Å²) >= 11 is 0. The van der Waals surface area contributed by atoms with Gasteiger partial charge in [-0.25, -0.2) is 0 Å². The Morgan fingerprint density at radius 1 is 1.09 bits per heavy atom. The zero-order valence-corrected chi connectivity index (χ0v) is 20.2. The summed E-state index contributed by atoms with van der Waals surface area (Å²) in [6.07, 6.45) is 10.8. The van der Waals surface area contributed by atoms with Crippen molar-refractivity contribution in [2.75, 3.05) is 0 Å². The van der Waals surface area contributed by atoms with E-state index in [1.807, 2.05) is 6.08 Å². The standard InChI is InChI=1S/C28H33NO5/c1-17(30)34-22-10-12-27(2)20(16-22)6-9-23-24(27)11-13-28(3)25(23)15-19(26(28)31)14-18-4-7-21(8-5-18)29(32)33/h4-8,14,22-25H,9-13,15-16H2,1-3H3/b19-14+. The van der Waals surface area contributed by atoms with Gasteiger partial charge < -0.3 is 4.74 Å². The molecule has 6 unspecified atom stereocenters. The van der Waals surface area contributed by atoms with Crippen LogP contribution in [0.2, 0.25) is 0 Å². The number of non-ortho nitro benzene ring substituents is 1. The molecule has 6 heteroatoms. The Bertz CT molecular complexity index is 1100. The molecule has 0 heterocycles. The maximum atomic E-state index is 13.6. The van der Waals surface area contributed by atoms with Crippen molar-refractivity contribution in [3.8, 4) is 0 Å². The molecule has 4 aliphatic rings. The molecule has 3 fully saturated rings. The first-order valence-electron chi connectivity index (χ1n) is 12.5. The average molecular weight is 464 g/mol. The molecule has 0 bridgehead atoms. The van der Waals surface area contributed by atoms with Gasteiger partial charge >= 0.3 is 5.97 Å². The molecule has 0 aromatic heterocycles. The van der Waals surface area contributed by atoms with Crippen LogP contribution in [0.3, 0.4) is 0 Å². The van der Waals surface area contributed by atoms with Crippen LogP contribution in [0.25, 0.3) is 6.08 Å². The van der Waals surface area contributed by atoms with Gasteiger partial charge in [0, 0.05) is 30.9 Å². The van der Waals surface area contributed by atoms with E-state index in [2.05, 4.69) is 19.9 Å². The molecule has 34 heavy (non-hydrogen) atoms. The monoisotopic (exact) mass is 463 g/mol. The normalized spacial score (nSPS) is 37.9. The molecule has 0 aliphatic heterocycles. The van der Waals surface area contributed by atoms with E-state index >= 15 is 0 Å². The number of rotatable bonds is 3. The zero-order valence-electron chi connectivity index (χ0n) is 20.2. The van der Waals surface area contributed by atoms with Crippen LogP contribution in [-0.2, 0) is 14.3 Å². The SMILES string of the molecule is CC(=O)OC1CCC2(C)C(=CCC3C4C/C(=C\c5ccc([N+](=O)[O-])cc5)C(=O)C4(C)CCC32)C1. The Labute approximate surface area is 200 Å². The number of Topliss-reactive ketones (excluding diaryl/α,β-unsaturated/α-hetero) is 1. The van der Waals surface area contributed by atoms with Crippen molar-refractivity contribution in [3.05, 3.63) is 57.2 Å². The number of ketones is 1. The largest absolute Gasteiger partial charge is 0.462 e. The molecule has 0 spiro atoms. The van der Waals surface area contributed by atoms with Gasteiger partial charge in [0.1, 0.15) is 6.10 Å². The third-order valence-corrected chi connectivity index (χ3v) is 9.48. The average Bonchev–Trinajstić information content (AvgIpc) is 3.04. The molecule has 180 valence electrons. The maximum Gasteiger partial charge on any atom is 0.302 e. The first kappa shape index (κ1) is 23.0. The predicted octanol–water partition coefficient (Wildman–Crippen LogP) is 6.05. The lowest BCUT2D eigenvalue weighted by molar-refractivity contribution is -0.384. The Balaban J connectivity index is 1.40. The first-order chi connectivity index (χ1) is 16.1. The Morgan fingerprint density at radius 3 is 2.47 bits per heavy atom. The van der Waals surface area contributed by atoms with E-state index in [-0.39, 0.29) is 34.4 Å². The number of hydrogen-bond donors (Lipinski definition) is 0. The van der Waals surface area contributed by atoms with Gasteiger partial charge in [-0.1, -0.05) is 25.5 Å². The highest BCUT2D eigenvalue weighted by Gasteiger charge is 2.60. The van der Waals surface area contributed by atoms with E-state index in [1.165, 1.54) is 24.6 Å². The lowest BCUT2D eigenvalue weighted by Crippen LogP contribution is -2.50. The summed E-state index contributed by atoms with van der Waals surface area (Å²) in [5.41, 5.74) is 3.00. The maximum absolute atomic E-state index is 13.6. The number of nitro groups is 1. The fourth-order valence-corrected chi connectivity index (χ4v) is 7.66. The lowest BCUT2D eigenvalue weighted by atomic mass is 9.48. The summed E-state index contributed by atoms with van der Waals surface area (Å²) in [7, 11) is 0. The third kappa shape index (κ3) is 3.62. The number of fused-ring (bicyclic) bond motifs is 5. The van der Waals surface area contributed by atoms with Crippen LogP contribution in [0.5, 0.6) is 0 Å². The van der Waals surface area contributed by atoms with E-state index in [9.17, 15) is 19.7 Å². The second-order valence-electron chi connectivity index (χ2n) is 11.2. The molecule has 6 nitrogen and oxygen atoms in total. The van der Waals surface area contributed by atoms with Gasteiger partial charge in [-0.2, -0.15) is 0 Å². The van der Waals surface area contributed by atoms with Crippen molar-refractivity contribution >= 4 is 23.5 Å². The molecule has 0 amide bonds. The van der Waals surface area contributed by atoms with Crippen molar-refractivity contribution in [3.63, 3.8) is 0 Å². The molecular formula is C28H33NO5. The van der Waals surface area contributed by atoms with Crippen molar-refractivity contribution in [2.45, 2.75) is 71.8 Å². The van der Waals surface area contributed by atoms with E-state index in [1.54, 1.807) is 12.1 Å². The molecule has 3 saturated carbocycles. The van der Waals surface area contributed by atoms with Crippen LogP contribution in [0.4, 0.5) is 5.69 Å². The van der Waals surface area contributed by atoms with E-state index in [0.29, 0.717) is 17.8 Å². The topological polar surface area (TPSA) is 86.5 Å². The molecule has 6 atom stereocenters. The fourth-order valence-electron chi connectivity index (χ4n) is 7.66. The van der Waals surface area contributed by atoms with Gasteiger partial charge in [-0.3, -0.25) is 19.7 Å². The summed E-state index contributed by atoms with van der Waals surface area (Å²) in [6.45, 7) is 6.04. The molecule has 5 rings (SSSR count). The van der Waals surface area contributed by atoms with Gasteiger partial charge in [0.2, 0.25) is 0 Å². The minimum absolute atomic E-state index is 0.00785. The quantitative estimate of drug-likeness (QED) is 0.179. The summed E-state index contributed by atoms with van der Waals surface area (Å²) in [6, 6.07) is 6.45. The molecule has 0 radical (unpaired) electrons. The van der Waals surface area contributed by atoms with Gasteiger partial charge in [0.25, 0.3) is 5.69 Å². The minimum atomic E-state index is -0.404. The van der Waals surface area contributed by atoms with Crippen molar-refractivity contribution in [1.29, 1.82) is 0 Å². The van der Waals surface area contributed by atoms with Crippen molar-refractivity contribution in [2.24, 2.45) is 28.6 Å². The summed E-state index contributed by atoms with van der Waals surface area (Å²) in [4.78, 5) is 35.6. The summed E-state index contributed by atoms with van der Waals surface area (Å²) < 4.78 is 5.54. The number of benzene rings is 1. The lowest BCUT2D eigenvalue weighted by Gasteiger charge is -2.56. The van der Waals surface area contributed by atoms with Crippen LogP contribution in [0.1, 0.15) is 71.3 Å². The van der Waals surface area contributed by atoms with Crippen LogP contribution in [-0.4, -0.2) is 22.8 Å². The molecular weight excluding hydrogens is 430 g/mol. The minimum Gasteiger partial charge on any atom is -0.462 e. The van der Waals surface area contributed by atoms with Crippen LogP contribution in [0, 0.1) is 38.7 Å². The molecule has 1 aromatic carbocycles. The highest BCUT2D eigenvalue weighted by atomic mass is 16.6. The van der Waals surface area contributed by atoms with Crippen LogP contribution < -0.4 is 0 Å². The number of carbonyl (C=O) groups is 2. The van der Waals surface area contributed by atoms with E-state index in [0.717, 1.165) is 56.1 Å². The fraction of sp³-hybridized carbons (Fsp3) is 0.571. The highest BCUT2D eigenvalue weighted by Crippen LogP contribution is 2.64. The van der Waals surface area contributed by atoms with Gasteiger partial charge in [-0.05, 0) is 91.0 Å². The second kappa shape index (κ2) is 8.17. The number of esters is 1. The van der Waals surface area contributed by atoms with E-state index in [4.69, 9.17) is 4.74 Å². The summed E-state index contributed by atoms with van der Waals surface area (Å²) in [5.74, 6) is 1.41. The highest BCUT2D eigenvalue weighted by molar-refractivity contribution is 6.06. The smallest absolute Gasteiger partial charge is 0.302 e. The first-order valence-corrected chi connectivity index (χ1v) is 12.5. The number of nitro benzene ring substituents is 1. The number of ether oxygens (including phenoxy) is 1. The molecule has 4 aliphatic carbocycles. The molecule has 0 saturated heterocycles. The molecule has 1 aromatic rings. The number of carbonyl (C=O) groups excluding carboxylic acids is 2. The summed E-state index contributed by atoms with van der Waals surface area (Å²) in [5, 5.41) is 11.0. The Morgan fingerprint density at radius 2 is 1.79 bits per heavy atom. The predicted molar refractivity (Wildman–Crippen MR) is 129 cm³/mol. The van der Waals surface area contributed by atoms with Gasteiger partial charge in [0.05, 0.1) is 4.92 Å². The second-order valence-corrected chi connectivity index (χ2v) is 11.2. The zero-order chi connectivity index (χ0) is 24.3. The third-order valence-electron chi connectivity index (χ3n) is 9.48. The number of hydrogen-bond acceptors (Lipinski definition) is 5. The van der Waals surface area contributed by atoms with Crippen LogP contribution >= 0.6 is 0 Å². The Hall–Kier alpha value is -2.76. The van der Waals surface area contributed by atoms with Crippen molar-refractivity contribution in [1.82, 2.24) is 0 Å².